The Morgan fingerprint density at radius 1 is 1.29 bits per heavy atom. The van der Waals surface area contributed by atoms with E-state index in [1.165, 1.54) is 0 Å². The lowest BCUT2D eigenvalue weighted by Gasteiger charge is -2.02. The quantitative estimate of drug-likeness (QED) is 0.370. The third-order valence-corrected chi connectivity index (χ3v) is 3.60. The molecule has 1 heterocycles. The van der Waals surface area contributed by atoms with Crippen molar-refractivity contribution in [1.29, 1.82) is 0 Å². The van der Waals surface area contributed by atoms with Gasteiger partial charge in [0.1, 0.15) is 4.32 Å². The van der Waals surface area contributed by atoms with Crippen molar-refractivity contribution in [3.63, 3.8) is 0 Å². The molecule has 2 rings (SSSR count). The van der Waals surface area contributed by atoms with Gasteiger partial charge in [0.2, 0.25) is 5.75 Å². The van der Waals surface area contributed by atoms with E-state index in [1.54, 1.807) is 0 Å². The zero-order chi connectivity index (χ0) is 15.7. The van der Waals surface area contributed by atoms with E-state index in [-0.39, 0.29) is 14.8 Å². The van der Waals surface area contributed by atoms with Gasteiger partial charge in [-0.25, -0.2) is 0 Å². The van der Waals surface area contributed by atoms with Gasteiger partial charge in [-0.05, 0) is 6.08 Å². The van der Waals surface area contributed by atoms with Crippen LogP contribution in [0, 0.1) is 20.2 Å². The van der Waals surface area contributed by atoms with Crippen LogP contribution < -0.4 is 5.32 Å². The van der Waals surface area contributed by atoms with Gasteiger partial charge in [0, 0.05) is 11.6 Å². The summed E-state index contributed by atoms with van der Waals surface area (Å²) in [4.78, 5) is 31.4. The first-order valence-corrected chi connectivity index (χ1v) is 6.42. The topological polar surface area (TPSA) is 136 Å². The maximum Gasteiger partial charge on any atom is 0.318 e. The van der Waals surface area contributed by atoms with E-state index in [2.05, 4.69) is 5.32 Å². The number of thioether (sulfide) groups is 1. The SMILES string of the molecule is O=C1NC(=S)S/C1=C/c1cc([N+](=O)[O-])cc([N+](=O)[O-])c1O. The van der Waals surface area contributed by atoms with Crippen molar-refractivity contribution in [3.05, 3.63) is 42.8 Å². The molecule has 0 saturated carbocycles. The van der Waals surface area contributed by atoms with E-state index in [1.807, 2.05) is 0 Å². The molecule has 2 N–H and O–H groups in total. The molecule has 0 unspecified atom stereocenters. The van der Waals surface area contributed by atoms with Crippen molar-refractivity contribution >= 4 is 51.7 Å². The van der Waals surface area contributed by atoms with E-state index in [4.69, 9.17) is 12.2 Å². The standard InChI is InChI=1S/C10H5N3O6S2/c14-8-4(2-7-9(15)11-10(20)21-7)1-5(12(16)17)3-6(8)13(18)19/h1-3,14H,(H,11,15,20)/b7-2+. The number of nitro groups is 2. The minimum atomic E-state index is -0.948. The number of non-ortho nitro benzene ring substituents is 1. The molecule has 1 aliphatic heterocycles. The molecule has 0 bridgehead atoms. The van der Waals surface area contributed by atoms with Gasteiger partial charge in [-0.3, -0.25) is 25.0 Å². The molecule has 9 nitrogen and oxygen atoms in total. The highest BCUT2D eigenvalue weighted by Gasteiger charge is 2.26. The molecule has 1 aromatic rings. The summed E-state index contributed by atoms with van der Waals surface area (Å²) in [6.45, 7) is 0. The fraction of sp³-hybridized carbons (Fsp3) is 0. The van der Waals surface area contributed by atoms with Gasteiger partial charge in [-0.2, -0.15) is 0 Å². The van der Waals surface area contributed by atoms with Gasteiger partial charge in [-0.15, -0.1) is 0 Å². The number of nitro benzene ring substituents is 2. The predicted octanol–water partition coefficient (Wildman–Crippen LogP) is 1.70. The maximum atomic E-state index is 11.5. The van der Waals surface area contributed by atoms with Crippen LogP contribution in [0.2, 0.25) is 0 Å². The third-order valence-electron chi connectivity index (χ3n) is 2.44. The van der Waals surface area contributed by atoms with Crippen molar-refractivity contribution in [2.75, 3.05) is 0 Å². The van der Waals surface area contributed by atoms with E-state index >= 15 is 0 Å². The van der Waals surface area contributed by atoms with Crippen LogP contribution in [0.15, 0.2) is 17.0 Å². The summed E-state index contributed by atoms with van der Waals surface area (Å²) in [7, 11) is 0. The summed E-state index contributed by atoms with van der Waals surface area (Å²) in [5, 5.41) is 33.7. The summed E-state index contributed by atoms with van der Waals surface area (Å²) in [5.74, 6) is -1.30. The number of hydrogen-bond donors (Lipinski definition) is 2. The highest BCUT2D eigenvalue weighted by atomic mass is 32.2. The van der Waals surface area contributed by atoms with E-state index < -0.39 is 32.9 Å². The Hall–Kier alpha value is -2.53. The number of nitrogens with zero attached hydrogens (tertiary/aromatic N) is 2. The molecule has 11 heteroatoms. The molecule has 108 valence electrons. The Kier molecular flexibility index (Phi) is 3.86. The molecule has 0 aliphatic carbocycles. The lowest BCUT2D eigenvalue weighted by atomic mass is 10.1. The summed E-state index contributed by atoms with van der Waals surface area (Å²) in [5.41, 5.74) is -1.60. The number of phenolic OH excluding ortho intramolecular Hbond substituents is 1. The molecule has 0 spiro atoms. The van der Waals surface area contributed by atoms with Crippen LogP contribution in [0.25, 0.3) is 6.08 Å². The van der Waals surface area contributed by atoms with Crippen LogP contribution in [-0.4, -0.2) is 25.2 Å². The first kappa shape index (κ1) is 14.9. The van der Waals surface area contributed by atoms with Crippen LogP contribution in [0.4, 0.5) is 11.4 Å². The second-order valence-electron chi connectivity index (χ2n) is 3.77. The van der Waals surface area contributed by atoms with E-state index in [0.717, 1.165) is 23.9 Å². The number of benzene rings is 1. The Morgan fingerprint density at radius 2 is 1.95 bits per heavy atom. The molecular formula is C10H5N3O6S2. The van der Waals surface area contributed by atoms with Crippen molar-refractivity contribution < 1.29 is 19.7 Å². The number of nitrogens with one attached hydrogen (secondary N) is 1. The zero-order valence-electron chi connectivity index (χ0n) is 9.93. The van der Waals surface area contributed by atoms with E-state index in [0.29, 0.717) is 6.07 Å². The van der Waals surface area contributed by atoms with Crippen molar-refractivity contribution in [2.45, 2.75) is 0 Å². The second-order valence-corrected chi connectivity index (χ2v) is 5.49. The lowest BCUT2D eigenvalue weighted by Crippen LogP contribution is -2.17. The largest absolute Gasteiger partial charge is 0.502 e. The molecule has 0 radical (unpaired) electrons. The van der Waals surface area contributed by atoms with E-state index in [9.17, 15) is 30.1 Å². The fourth-order valence-electron chi connectivity index (χ4n) is 1.54. The van der Waals surface area contributed by atoms with Gasteiger partial charge in [0.15, 0.2) is 0 Å². The van der Waals surface area contributed by atoms with Crippen molar-refractivity contribution in [1.82, 2.24) is 5.32 Å². The average molecular weight is 327 g/mol. The van der Waals surface area contributed by atoms with Gasteiger partial charge < -0.3 is 10.4 Å². The van der Waals surface area contributed by atoms with Crippen molar-refractivity contribution in [3.8, 4) is 5.75 Å². The highest BCUT2D eigenvalue weighted by Crippen LogP contribution is 2.37. The lowest BCUT2D eigenvalue weighted by molar-refractivity contribution is -0.394. The molecular weight excluding hydrogens is 322 g/mol. The third kappa shape index (κ3) is 2.98. The second kappa shape index (κ2) is 5.46. The van der Waals surface area contributed by atoms with Crippen LogP contribution in [0.1, 0.15) is 5.56 Å². The predicted molar refractivity (Wildman–Crippen MR) is 77.7 cm³/mol. The summed E-state index contributed by atoms with van der Waals surface area (Å²) < 4.78 is 0.186. The molecule has 1 saturated heterocycles. The number of amides is 1. The molecule has 1 fully saturated rings. The number of carbonyl (C=O) groups excluding carboxylic acids is 1. The Morgan fingerprint density at radius 3 is 2.43 bits per heavy atom. The normalized spacial score (nSPS) is 16.1. The maximum absolute atomic E-state index is 11.5. The Balaban J connectivity index is 2.60. The molecule has 1 aromatic carbocycles. The summed E-state index contributed by atoms with van der Waals surface area (Å²) in [6, 6.07) is 1.58. The Labute approximate surface area is 125 Å². The molecule has 1 amide bonds. The molecule has 1 aliphatic rings. The highest BCUT2D eigenvalue weighted by molar-refractivity contribution is 8.26. The molecule has 0 atom stereocenters. The first-order valence-electron chi connectivity index (χ1n) is 5.20. The summed E-state index contributed by atoms with van der Waals surface area (Å²) >= 11 is 5.65. The Bertz CT molecular complexity index is 730. The molecule has 21 heavy (non-hydrogen) atoms. The van der Waals surface area contributed by atoms with Crippen molar-refractivity contribution in [2.24, 2.45) is 0 Å². The van der Waals surface area contributed by atoms with Crippen LogP contribution in [0.5, 0.6) is 5.75 Å². The van der Waals surface area contributed by atoms with Gasteiger partial charge in [0.05, 0.1) is 20.8 Å². The number of rotatable bonds is 3. The zero-order valence-corrected chi connectivity index (χ0v) is 11.6. The first-order chi connectivity index (χ1) is 9.79. The smallest absolute Gasteiger partial charge is 0.318 e. The summed E-state index contributed by atoms with van der Waals surface area (Å²) in [6.07, 6.45) is 1.11. The number of phenols is 1. The van der Waals surface area contributed by atoms with Crippen LogP contribution >= 0.6 is 24.0 Å². The molecule has 0 aromatic heterocycles. The number of aromatic hydroxyl groups is 1. The van der Waals surface area contributed by atoms with Gasteiger partial charge in [-0.1, -0.05) is 24.0 Å². The van der Waals surface area contributed by atoms with Gasteiger partial charge >= 0.3 is 5.69 Å². The number of thiocarbonyl (C=S) groups is 1. The van der Waals surface area contributed by atoms with Gasteiger partial charge in [0.25, 0.3) is 11.6 Å². The number of hydrogen-bond acceptors (Lipinski definition) is 8. The minimum Gasteiger partial charge on any atom is -0.502 e. The average Bonchev–Trinajstić information content (AvgIpc) is 2.69. The monoisotopic (exact) mass is 327 g/mol. The number of carbonyl (C=O) groups is 1. The van der Waals surface area contributed by atoms with Crippen LogP contribution in [0.3, 0.4) is 0 Å². The van der Waals surface area contributed by atoms with Crippen LogP contribution in [-0.2, 0) is 4.79 Å². The fourth-order valence-corrected chi connectivity index (χ4v) is 2.58. The minimum absolute atomic E-state index is 0.0742.